The van der Waals surface area contributed by atoms with Crippen LogP contribution in [-0.4, -0.2) is 40.1 Å². The summed E-state index contributed by atoms with van der Waals surface area (Å²) >= 11 is 1.63. The van der Waals surface area contributed by atoms with Gasteiger partial charge in [0.15, 0.2) is 0 Å². The fourth-order valence-electron chi connectivity index (χ4n) is 2.43. The maximum atomic E-state index is 12.1. The van der Waals surface area contributed by atoms with Crippen LogP contribution in [-0.2, 0) is 19.4 Å². The number of thiazole rings is 1. The lowest BCUT2D eigenvalue weighted by Gasteiger charge is -2.02. The Morgan fingerprint density at radius 2 is 2.43 bits per heavy atom. The van der Waals surface area contributed by atoms with E-state index in [1.807, 2.05) is 18.6 Å². The van der Waals surface area contributed by atoms with E-state index in [-0.39, 0.29) is 5.91 Å². The lowest BCUT2D eigenvalue weighted by molar-refractivity contribution is 0.0949. The Morgan fingerprint density at radius 1 is 1.52 bits per heavy atom. The molecule has 0 spiro atoms. The molecule has 2 aromatic heterocycles. The molecule has 6 nitrogen and oxygen atoms in total. The second-order valence-electron chi connectivity index (χ2n) is 5.10. The molecule has 1 aliphatic rings. The van der Waals surface area contributed by atoms with E-state index >= 15 is 0 Å². The van der Waals surface area contributed by atoms with E-state index in [0.29, 0.717) is 12.2 Å². The Morgan fingerprint density at radius 3 is 3.24 bits per heavy atom. The van der Waals surface area contributed by atoms with Gasteiger partial charge in [0.2, 0.25) is 0 Å². The third-order valence-corrected chi connectivity index (χ3v) is 4.62. The first-order valence-electron chi connectivity index (χ1n) is 7.18. The topological polar surface area (TPSA) is 71.8 Å². The zero-order valence-electron chi connectivity index (χ0n) is 12.1. The van der Waals surface area contributed by atoms with Gasteiger partial charge in [-0.1, -0.05) is 0 Å². The average molecular weight is 305 g/mol. The molecule has 0 radical (unpaired) electrons. The van der Waals surface area contributed by atoms with Crippen LogP contribution in [0.4, 0.5) is 0 Å². The summed E-state index contributed by atoms with van der Waals surface area (Å²) in [4.78, 5) is 22.0. The first-order valence-corrected chi connectivity index (χ1v) is 8.06. The molecule has 0 saturated carbocycles. The van der Waals surface area contributed by atoms with Crippen molar-refractivity contribution in [1.29, 1.82) is 0 Å². The smallest absolute Gasteiger partial charge is 0.271 e. The number of amides is 1. The van der Waals surface area contributed by atoms with Gasteiger partial charge in [0.25, 0.3) is 5.91 Å². The molecular formula is C14H19N5OS. The van der Waals surface area contributed by atoms with Crippen LogP contribution in [0.2, 0.25) is 0 Å². The minimum Gasteiger partial charge on any atom is -0.350 e. The van der Waals surface area contributed by atoms with E-state index < -0.39 is 0 Å². The summed E-state index contributed by atoms with van der Waals surface area (Å²) in [7, 11) is 0. The van der Waals surface area contributed by atoms with Crippen molar-refractivity contribution in [2.24, 2.45) is 0 Å². The lowest BCUT2D eigenvalue weighted by Crippen LogP contribution is -2.26. The number of fused-ring (bicyclic) bond motifs is 1. The van der Waals surface area contributed by atoms with Crippen molar-refractivity contribution in [2.75, 3.05) is 19.6 Å². The molecule has 1 amide bonds. The van der Waals surface area contributed by atoms with E-state index in [1.165, 1.54) is 4.88 Å². The van der Waals surface area contributed by atoms with Gasteiger partial charge in [-0.25, -0.2) is 9.97 Å². The van der Waals surface area contributed by atoms with Crippen LogP contribution in [0.15, 0.2) is 11.7 Å². The summed E-state index contributed by atoms with van der Waals surface area (Å²) in [6, 6.07) is 0. The summed E-state index contributed by atoms with van der Waals surface area (Å²) in [5.74, 6) is 0.897. The van der Waals surface area contributed by atoms with Crippen molar-refractivity contribution < 1.29 is 4.79 Å². The minimum atomic E-state index is -0.0919. The fraction of sp³-hybridized carbons (Fsp3) is 0.500. The van der Waals surface area contributed by atoms with Crippen LogP contribution < -0.4 is 10.6 Å². The van der Waals surface area contributed by atoms with Gasteiger partial charge in [-0.15, -0.1) is 11.3 Å². The summed E-state index contributed by atoms with van der Waals surface area (Å²) in [6.45, 7) is 5.33. The fourth-order valence-corrected chi connectivity index (χ4v) is 3.21. The van der Waals surface area contributed by atoms with Crippen LogP contribution in [0.3, 0.4) is 0 Å². The lowest BCUT2D eigenvalue weighted by atomic mass is 10.3. The molecule has 21 heavy (non-hydrogen) atoms. The van der Waals surface area contributed by atoms with Crippen LogP contribution in [0.1, 0.15) is 26.9 Å². The van der Waals surface area contributed by atoms with E-state index in [0.717, 1.165) is 44.0 Å². The summed E-state index contributed by atoms with van der Waals surface area (Å²) < 4.78 is 2.07. The molecule has 0 aromatic carbocycles. The molecule has 1 aliphatic heterocycles. The van der Waals surface area contributed by atoms with Crippen molar-refractivity contribution in [1.82, 2.24) is 25.2 Å². The summed E-state index contributed by atoms with van der Waals surface area (Å²) in [5.41, 5.74) is 3.41. The molecule has 0 fully saturated rings. The van der Waals surface area contributed by atoms with Gasteiger partial charge < -0.3 is 15.2 Å². The Hall–Kier alpha value is -1.73. The Bertz CT molecular complexity index is 610. The zero-order chi connectivity index (χ0) is 14.7. The third kappa shape index (κ3) is 3.30. The number of carbonyl (C=O) groups is 1. The van der Waals surface area contributed by atoms with E-state index in [1.54, 1.807) is 11.3 Å². The van der Waals surface area contributed by atoms with Gasteiger partial charge in [0.05, 0.1) is 11.2 Å². The van der Waals surface area contributed by atoms with Gasteiger partial charge >= 0.3 is 0 Å². The van der Waals surface area contributed by atoms with Gasteiger partial charge in [-0.3, -0.25) is 4.79 Å². The SMILES string of the molecule is Cc1ncsc1CCNC(=O)c1cn2c(n1)CCNCC2. The molecular weight excluding hydrogens is 286 g/mol. The zero-order valence-corrected chi connectivity index (χ0v) is 12.9. The largest absolute Gasteiger partial charge is 0.350 e. The van der Waals surface area contributed by atoms with Crippen LogP contribution in [0.25, 0.3) is 0 Å². The standard InChI is InChI=1S/C14H19N5OS/c1-10-12(21-9-17-10)2-5-16-14(20)11-8-19-7-6-15-4-3-13(19)18-11/h8-9,15H,2-7H2,1H3,(H,16,20). The highest BCUT2D eigenvalue weighted by molar-refractivity contribution is 7.09. The van der Waals surface area contributed by atoms with E-state index in [4.69, 9.17) is 0 Å². The van der Waals surface area contributed by atoms with Crippen molar-refractivity contribution in [3.05, 3.63) is 33.8 Å². The minimum absolute atomic E-state index is 0.0919. The number of aryl methyl sites for hydroxylation is 1. The normalized spacial score (nSPS) is 14.5. The van der Waals surface area contributed by atoms with Crippen LogP contribution in [0.5, 0.6) is 0 Å². The van der Waals surface area contributed by atoms with Crippen molar-refractivity contribution >= 4 is 17.2 Å². The highest BCUT2D eigenvalue weighted by Crippen LogP contribution is 2.12. The summed E-state index contributed by atoms with van der Waals surface area (Å²) in [6.07, 6.45) is 3.54. The molecule has 0 atom stereocenters. The number of imidazole rings is 1. The number of carbonyl (C=O) groups excluding carboxylic acids is 1. The molecule has 3 heterocycles. The molecule has 3 rings (SSSR count). The Balaban J connectivity index is 1.57. The van der Waals surface area contributed by atoms with Gasteiger partial charge in [-0.05, 0) is 6.92 Å². The maximum Gasteiger partial charge on any atom is 0.271 e. The molecule has 2 N–H and O–H groups in total. The predicted octanol–water partition coefficient (Wildman–Crippen LogP) is 0.766. The van der Waals surface area contributed by atoms with Crippen molar-refractivity contribution in [3.63, 3.8) is 0 Å². The number of nitrogens with one attached hydrogen (secondary N) is 2. The van der Waals surface area contributed by atoms with Crippen LogP contribution >= 0.6 is 11.3 Å². The molecule has 7 heteroatoms. The van der Waals surface area contributed by atoms with Gasteiger partial charge in [0.1, 0.15) is 11.5 Å². The van der Waals surface area contributed by atoms with Crippen LogP contribution in [0, 0.1) is 6.92 Å². The number of hydrogen-bond donors (Lipinski definition) is 2. The highest BCUT2D eigenvalue weighted by Gasteiger charge is 2.15. The molecule has 2 aromatic rings. The third-order valence-electron chi connectivity index (χ3n) is 3.63. The number of hydrogen-bond acceptors (Lipinski definition) is 5. The number of rotatable bonds is 4. The Labute approximate surface area is 127 Å². The molecule has 112 valence electrons. The molecule has 0 unspecified atom stereocenters. The second kappa shape index (κ2) is 6.36. The number of aromatic nitrogens is 3. The maximum absolute atomic E-state index is 12.1. The van der Waals surface area contributed by atoms with Crippen molar-refractivity contribution in [2.45, 2.75) is 26.3 Å². The van der Waals surface area contributed by atoms with Gasteiger partial charge in [0, 0.05) is 50.1 Å². The van der Waals surface area contributed by atoms with E-state index in [9.17, 15) is 4.79 Å². The van der Waals surface area contributed by atoms with E-state index in [2.05, 4.69) is 25.2 Å². The first kappa shape index (κ1) is 14.2. The molecule has 0 bridgehead atoms. The second-order valence-corrected chi connectivity index (χ2v) is 6.04. The number of nitrogens with zero attached hydrogens (tertiary/aromatic N) is 3. The molecule has 0 aliphatic carbocycles. The predicted molar refractivity (Wildman–Crippen MR) is 81.7 cm³/mol. The van der Waals surface area contributed by atoms with Crippen molar-refractivity contribution in [3.8, 4) is 0 Å². The quantitative estimate of drug-likeness (QED) is 0.875. The first-order chi connectivity index (χ1) is 10.2. The Kier molecular flexibility index (Phi) is 4.31. The molecule has 0 saturated heterocycles. The average Bonchev–Trinajstić information content (AvgIpc) is 3.00. The monoisotopic (exact) mass is 305 g/mol. The highest BCUT2D eigenvalue weighted by atomic mass is 32.1. The van der Waals surface area contributed by atoms with Gasteiger partial charge in [-0.2, -0.15) is 0 Å². The summed E-state index contributed by atoms with van der Waals surface area (Å²) in [5, 5.41) is 6.26.